The molecule has 0 bridgehead atoms. The van der Waals surface area contributed by atoms with E-state index in [1.165, 1.54) is 24.3 Å². The molecule has 0 aromatic heterocycles. The molecule has 0 spiro atoms. The Morgan fingerprint density at radius 2 is 1.85 bits per heavy atom. The topological polar surface area (TPSA) is 44.0 Å². The van der Waals surface area contributed by atoms with Crippen LogP contribution in [0.2, 0.25) is 0 Å². The molecule has 0 saturated carbocycles. The quantitative estimate of drug-likeness (QED) is 0.762. The normalized spacial score (nSPS) is 10.8. The van der Waals surface area contributed by atoms with Crippen LogP contribution in [0.15, 0.2) is 24.3 Å². The minimum atomic E-state index is -3.34. The van der Waals surface area contributed by atoms with Gasteiger partial charge in [0, 0.05) is 0 Å². The fourth-order valence-electron chi connectivity index (χ4n) is 0.910. The van der Waals surface area contributed by atoms with Gasteiger partial charge in [0.25, 0.3) is 0 Å². The fourth-order valence-corrected chi connectivity index (χ4v) is 0.910. The van der Waals surface area contributed by atoms with E-state index < -0.39 is 12.3 Å². The molecule has 0 aliphatic carbocycles. The van der Waals surface area contributed by atoms with E-state index >= 15 is 0 Å². The largest absolute Gasteiger partial charge is 0.508 e. The molecule has 1 aromatic rings. The maximum absolute atomic E-state index is 12.5. The van der Waals surface area contributed by atoms with Crippen LogP contribution in [0.4, 0.5) is 8.78 Å². The molecular formula is C9H7F2NO. The zero-order valence-corrected chi connectivity index (χ0v) is 6.67. The number of alkyl halides is 2. The summed E-state index contributed by atoms with van der Waals surface area (Å²) in [5.74, 6) is -3.32. The first-order chi connectivity index (χ1) is 6.03. The summed E-state index contributed by atoms with van der Waals surface area (Å²) in [7, 11) is 0. The SMILES string of the molecule is N#CC(F)(F)Cc1ccc(O)cc1. The summed E-state index contributed by atoms with van der Waals surface area (Å²) < 4.78 is 25.0. The Morgan fingerprint density at radius 1 is 1.31 bits per heavy atom. The van der Waals surface area contributed by atoms with Gasteiger partial charge in [0.05, 0.1) is 6.42 Å². The molecule has 68 valence electrons. The van der Waals surface area contributed by atoms with Crippen LogP contribution in [0.3, 0.4) is 0 Å². The highest BCUT2D eigenvalue weighted by Gasteiger charge is 2.28. The number of hydrogen-bond acceptors (Lipinski definition) is 2. The Hall–Kier alpha value is -1.63. The number of phenolic OH excluding ortho intramolecular Hbond substituents is 1. The lowest BCUT2D eigenvalue weighted by molar-refractivity contribution is 0.0645. The fraction of sp³-hybridized carbons (Fsp3) is 0.222. The van der Waals surface area contributed by atoms with Crippen LogP contribution in [0, 0.1) is 11.3 Å². The molecule has 0 amide bonds. The van der Waals surface area contributed by atoms with Crippen LogP contribution in [-0.2, 0) is 6.42 Å². The number of nitriles is 1. The van der Waals surface area contributed by atoms with Crippen LogP contribution in [0.5, 0.6) is 5.75 Å². The molecule has 0 unspecified atom stereocenters. The van der Waals surface area contributed by atoms with Crippen molar-refractivity contribution in [3.8, 4) is 11.8 Å². The van der Waals surface area contributed by atoms with Crippen molar-refractivity contribution in [3.05, 3.63) is 29.8 Å². The van der Waals surface area contributed by atoms with Crippen LogP contribution >= 0.6 is 0 Å². The van der Waals surface area contributed by atoms with E-state index in [1.54, 1.807) is 0 Å². The molecule has 13 heavy (non-hydrogen) atoms. The number of phenols is 1. The van der Waals surface area contributed by atoms with E-state index in [4.69, 9.17) is 10.4 Å². The Labute approximate surface area is 74.0 Å². The third kappa shape index (κ3) is 2.71. The van der Waals surface area contributed by atoms with E-state index in [0.717, 1.165) is 6.07 Å². The van der Waals surface area contributed by atoms with Crippen molar-refractivity contribution in [2.75, 3.05) is 0 Å². The minimum Gasteiger partial charge on any atom is -0.508 e. The molecule has 1 rings (SSSR count). The number of benzene rings is 1. The van der Waals surface area contributed by atoms with E-state index in [-0.39, 0.29) is 5.75 Å². The molecule has 4 heteroatoms. The number of rotatable bonds is 2. The number of nitrogens with zero attached hydrogens (tertiary/aromatic N) is 1. The Balaban J connectivity index is 2.77. The average molecular weight is 183 g/mol. The molecule has 0 radical (unpaired) electrons. The highest BCUT2D eigenvalue weighted by Crippen LogP contribution is 2.20. The first-order valence-electron chi connectivity index (χ1n) is 3.60. The first kappa shape index (κ1) is 9.46. The van der Waals surface area contributed by atoms with Gasteiger partial charge in [0.1, 0.15) is 11.8 Å². The van der Waals surface area contributed by atoms with Crippen molar-refractivity contribution in [2.24, 2.45) is 0 Å². The molecule has 2 nitrogen and oxygen atoms in total. The molecule has 0 saturated heterocycles. The Bertz CT molecular complexity index is 326. The van der Waals surface area contributed by atoms with Crippen molar-refractivity contribution in [1.29, 1.82) is 5.26 Å². The summed E-state index contributed by atoms with van der Waals surface area (Å²) in [6.45, 7) is 0. The lowest BCUT2D eigenvalue weighted by Gasteiger charge is -2.06. The van der Waals surface area contributed by atoms with Gasteiger partial charge >= 0.3 is 5.92 Å². The van der Waals surface area contributed by atoms with Gasteiger partial charge in [-0.15, -0.1) is 0 Å². The van der Waals surface area contributed by atoms with Crippen molar-refractivity contribution in [2.45, 2.75) is 12.3 Å². The molecule has 1 aromatic carbocycles. The van der Waals surface area contributed by atoms with Gasteiger partial charge < -0.3 is 5.11 Å². The van der Waals surface area contributed by atoms with E-state index in [2.05, 4.69) is 0 Å². The maximum atomic E-state index is 12.5. The second kappa shape index (κ2) is 3.40. The van der Waals surface area contributed by atoms with Crippen molar-refractivity contribution < 1.29 is 13.9 Å². The van der Waals surface area contributed by atoms with Crippen LogP contribution < -0.4 is 0 Å². The summed E-state index contributed by atoms with van der Waals surface area (Å²) >= 11 is 0. The van der Waals surface area contributed by atoms with E-state index in [9.17, 15) is 8.78 Å². The van der Waals surface area contributed by atoms with Gasteiger partial charge in [-0.2, -0.15) is 14.0 Å². The summed E-state index contributed by atoms with van der Waals surface area (Å²) in [6.07, 6.45) is -0.621. The molecule has 0 heterocycles. The van der Waals surface area contributed by atoms with Crippen molar-refractivity contribution >= 4 is 0 Å². The van der Waals surface area contributed by atoms with Gasteiger partial charge in [-0.1, -0.05) is 12.1 Å². The Morgan fingerprint density at radius 3 is 2.31 bits per heavy atom. The molecule has 0 aliphatic heterocycles. The lowest BCUT2D eigenvalue weighted by Crippen LogP contribution is -2.15. The summed E-state index contributed by atoms with van der Waals surface area (Å²) in [6, 6.07) is 6.25. The lowest BCUT2D eigenvalue weighted by atomic mass is 10.1. The van der Waals surface area contributed by atoms with Gasteiger partial charge in [0.15, 0.2) is 0 Å². The third-order valence-electron chi connectivity index (χ3n) is 1.53. The number of aromatic hydroxyl groups is 1. The average Bonchev–Trinajstić information content (AvgIpc) is 2.09. The summed E-state index contributed by atoms with van der Waals surface area (Å²) in [5.41, 5.74) is 0.323. The second-order valence-electron chi connectivity index (χ2n) is 2.66. The van der Waals surface area contributed by atoms with E-state index in [0.29, 0.717) is 5.56 Å². The van der Waals surface area contributed by atoms with Gasteiger partial charge in [-0.3, -0.25) is 0 Å². The second-order valence-corrected chi connectivity index (χ2v) is 2.66. The standard InChI is InChI=1S/C9H7F2NO/c10-9(11,6-12)5-7-1-3-8(13)4-2-7/h1-4,13H,5H2. The highest BCUT2D eigenvalue weighted by atomic mass is 19.3. The monoisotopic (exact) mass is 183 g/mol. The molecule has 1 N–H and O–H groups in total. The van der Waals surface area contributed by atoms with Crippen molar-refractivity contribution in [3.63, 3.8) is 0 Å². The number of hydrogen-bond donors (Lipinski definition) is 1. The zero-order valence-electron chi connectivity index (χ0n) is 6.67. The van der Waals surface area contributed by atoms with E-state index in [1.807, 2.05) is 0 Å². The first-order valence-corrected chi connectivity index (χ1v) is 3.60. The highest BCUT2D eigenvalue weighted by molar-refractivity contribution is 5.27. The van der Waals surface area contributed by atoms with Gasteiger partial charge in [0.2, 0.25) is 0 Å². The van der Waals surface area contributed by atoms with Crippen LogP contribution in [0.1, 0.15) is 5.56 Å². The predicted octanol–water partition coefficient (Wildman–Crippen LogP) is 2.09. The number of halogens is 2. The zero-order chi connectivity index (χ0) is 9.90. The smallest absolute Gasteiger partial charge is 0.335 e. The van der Waals surface area contributed by atoms with Crippen molar-refractivity contribution in [1.82, 2.24) is 0 Å². The molecular weight excluding hydrogens is 176 g/mol. The van der Waals surface area contributed by atoms with Gasteiger partial charge in [-0.25, -0.2) is 0 Å². The summed E-state index contributed by atoms with van der Waals surface area (Å²) in [4.78, 5) is 0. The molecule has 0 fully saturated rings. The maximum Gasteiger partial charge on any atom is 0.335 e. The minimum absolute atomic E-state index is 0.0176. The van der Waals surface area contributed by atoms with Crippen LogP contribution in [0.25, 0.3) is 0 Å². The van der Waals surface area contributed by atoms with Gasteiger partial charge in [-0.05, 0) is 17.7 Å². The predicted molar refractivity (Wildman–Crippen MR) is 42.4 cm³/mol. The molecule has 0 atom stereocenters. The third-order valence-corrected chi connectivity index (χ3v) is 1.53. The Kier molecular flexibility index (Phi) is 2.47. The summed E-state index contributed by atoms with van der Waals surface area (Å²) in [5, 5.41) is 16.9. The molecule has 0 aliphatic rings. The van der Waals surface area contributed by atoms with Crippen LogP contribution in [-0.4, -0.2) is 11.0 Å².